The van der Waals surface area contributed by atoms with Crippen molar-refractivity contribution in [2.45, 2.75) is 38.4 Å². The lowest BCUT2D eigenvalue weighted by Gasteiger charge is -1.94. The topological polar surface area (TPSA) is 0 Å². The summed E-state index contributed by atoms with van der Waals surface area (Å²) in [6, 6.07) is 0. The molecule has 0 N–H and O–H groups in total. The van der Waals surface area contributed by atoms with Crippen molar-refractivity contribution in [2.75, 3.05) is 0 Å². The van der Waals surface area contributed by atoms with Crippen LogP contribution in [0.3, 0.4) is 0 Å². The van der Waals surface area contributed by atoms with Gasteiger partial charge in [0.1, 0.15) is 7.85 Å². The summed E-state index contributed by atoms with van der Waals surface area (Å²) >= 11 is 0. The van der Waals surface area contributed by atoms with E-state index in [0.29, 0.717) is 0 Å². The van der Waals surface area contributed by atoms with Crippen molar-refractivity contribution in [2.24, 2.45) is 0 Å². The van der Waals surface area contributed by atoms with Crippen molar-refractivity contribution in [1.82, 2.24) is 0 Å². The highest BCUT2D eigenvalue weighted by Crippen LogP contribution is 2.03. The van der Waals surface area contributed by atoms with Gasteiger partial charge in [0.2, 0.25) is 0 Å². The Morgan fingerprint density at radius 1 is 1.11 bits per heavy atom. The third-order valence-electron chi connectivity index (χ3n) is 1.51. The quantitative estimate of drug-likeness (QED) is 0.289. The first kappa shape index (κ1) is 8.80. The van der Waals surface area contributed by atoms with Gasteiger partial charge in [0, 0.05) is 0 Å². The molecule has 0 aliphatic heterocycles. The van der Waals surface area contributed by atoms with Gasteiger partial charge in [-0.1, -0.05) is 31.7 Å². The highest BCUT2D eigenvalue weighted by atomic mass is 13.9. The molecule has 0 spiro atoms. The highest BCUT2D eigenvalue weighted by molar-refractivity contribution is 6.08. The van der Waals surface area contributed by atoms with Gasteiger partial charge >= 0.3 is 0 Å². The molecule has 9 heavy (non-hydrogen) atoms. The van der Waals surface area contributed by atoms with E-state index in [9.17, 15) is 0 Å². The van der Waals surface area contributed by atoms with Crippen LogP contribution in [-0.4, -0.2) is 7.85 Å². The predicted molar refractivity (Wildman–Crippen MR) is 46.6 cm³/mol. The molecule has 0 saturated heterocycles. The summed E-state index contributed by atoms with van der Waals surface area (Å²) in [7, 11) is 2.24. The van der Waals surface area contributed by atoms with Crippen molar-refractivity contribution >= 4 is 7.85 Å². The van der Waals surface area contributed by atoms with Crippen LogP contribution in [0.2, 0.25) is 6.32 Å². The fourth-order valence-electron chi connectivity index (χ4n) is 0.892. The minimum absolute atomic E-state index is 1.20. The van der Waals surface area contributed by atoms with Gasteiger partial charge in [0.15, 0.2) is 0 Å². The first-order valence-electron chi connectivity index (χ1n) is 4.02. The Morgan fingerprint density at radius 2 is 1.78 bits per heavy atom. The fourth-order valence-corrected chi connectivity index (χ4v) is 0.892. The lowest BCUT2D eigenvalue weighted by Crippen LogP contribution is -1.76. The largest absolute Gasteiger partial charge is 0.103 e. The monoisotopic (exact) mass is 124 g/mol. The molecule has 0 rings (SSSR count). The molecule has 0 aromatic rings. The van der Waals surface area contributed by atoms with Crippen molar-refractivity contribution in [1.29, 1.82) is 0 Å². The molecule has 0 aromatic carbocycles. The van der Waals surface area contributed by atoms with Crippen molar-refractivity contribution in [3.8, 4) is 0 Å². The number of hydrogen-bond acceptors (Lipinski definition) is 0. The minimum atomic E-state index is 1.20. The minimum Gasteiger partial charge on any atom is -0.103 e. The first-order chi connectivity index (χ1) is 4.41. The Morgan fingerprint density at radius 3 is 2.33 bits per heavy atom. The molecular weight excluding hydrogens is 107 g/mol. The predicted octanol–water partition coefficient (Wildman–Crippen LogP) is 2.17. The number of unbranched alkanes of at least 4 members (excludes halogenated alkanes) is 4. The maximum atomic E-state index is 3.68. The van der Waals surface area contributed by atoms with Crippen molar-refractivity contribution in [3.63, 3.8) is 0 Å². The Balaban J connectivity index is 2.66. The molecule has 0 atom stereocenters. The van der Waals surface area contributed by atoms with Crippen LogP contribution in [0.1, 0.15) is 32.1 Å². The third kappa shape index (κ3) is 7.80. The van der Waals surface area contributed by atoms with Gasteiger partial charge in [-0.05, 0) is 12.8 Å². The van der Waals surface area contributed by atoms with Gasteiger partial charge < -0.3 is 0 Å². The molecule has 0 aromatic heterocycles. The molecule has 0 nitrogen and oxygen atoms in total. The molecule has 0 unspecified atom stereocenters. The van der Waals surface area contributed by atoms with Gasteiger partial charge in [-0.3, -0.25) is 0 Å². The molecule has 0 bridgehead atoms. The van der Waals surface area contributed by atoms with Crippen LogP contribution in [0.25, 0.3) is 0 Å². The second-order valence-corrected chi connectivity index (χ2v) is 2.49. The van der Waals surface area contributed by atoms with Crippen LogP contribution in [0.15, 0.2) is 12.7 Å². The molecule has 0 radical (unpaired) electrons. The fraction of sp³-hybridized carbons (Fsp3) is 0.750. The summed E-state index contributed by atoms with van der Waals surface area (Å²) in [5, 5.41) is 0. The molecule has 0 fully saturated rings. The summed E-state index contributed by atoms with van der Waals surface area (Å²) in [5.74, 6) is 0. The summed E-state index contributed by atoms with van der Waals surface area (Å²) in [4.78, 5) is 0. The van der Waals surface area contributed by atoms with Crippen LogP contribution in [0.5, 0.6) is 0 Å². The standard InChI is InChI=1S/C8H17B/c1-2-3-4-5-6-7-8-9/h2H,1,3-9H2. The maximum absolute atomic E-state index is 3.68. The number of rotatable bonds is 6. The second-order valence-electron chi connectivity index (χ2n) is 2.49. The molecule has 52 valence electrons. The Kier molecular flexibility index (Phi) is 7.64. The Bertz CT molecular complexity index is 59.6. The SMILES string of the molecule is BCCCCCCC=C. The van der Waals surface area contributed by atoms with Gasteiger partial charge in [-0.25, -0.2) is 0 Å². The van der Waals surface area contributed by atoms with E-state index in [1.807, 2.05) is 6.08 Å². The summed E-state index contributed by atoms with van der Waals surface area (Å²) in [5.41, 5.74) is 0. The molecular formula is C8H17B. The lowest BCUT2D eigenvalue weighted by molar-refractivity contribution is 0.674. The zero-order valence-corrected chi connectivity index (χ0v) is 6.53. The zero-order valence-electron chi connectivity index (χ0n) is 6.53. The van der Waals surface area contributed by atoms with Gasteiger partial charge in [0.05, 0.1) is 0 Å². The van der Waals surface area contributed by atoms with E-state index in [-0.39, 0.29) is 0 Å². The average Bonchev–Trinajstić information content (AvgIpc) is 1.89. The summed E-state index contributed by atoms with van der Waals surface area (Å²) < 4.78 is 0. The number of hydrogen-bond donors (Lipinski definition) is 0. The van der Waals surface area contributed by atoms with E-state index in [1.54, 1.807) is 0 Å². The molecule has 0 aliphatic carbocycles. The Hall–Kier alpha value is -0.195. The lowest BCUT2D eigenvalue weighted by atomic mass is 9.99. The molecule has 1 heteroatoms. The van der Waals surface area contributed by atoms with Gasteiger partial charge in [-0.15, -0.1) is 6.58 Å². The molecule has 0 aliphatic rings. The van der Waals surface area contributed by atoms with E-state index >= 15 is 0 Å². The summed E-state index contributed by atoms with van der Waals surface area (Å²) in [6.07, 6.45) is 10.1. The van der Waals surface area contributed by atoms with Crippen LogP contribution < -0.4 is 0 Å². The Labute approximate surface area is 59.8 Å². The second kappa shape index (κ2) is 7.80. The molecule has 0 heterocycles. The third-order valence-corrected chi connectivity index (χ3v) is 1.51. The first-order valence-corrected chi connectivity index (χ1v) is 4.02. The van der Waals surface area contributed by atoms with Crippen molar-refractivity contribution in [3.05, 3.63) is 12.7 Å². The zero-order chi connectivity index (χ0) is 6.95. The van der Waals surface area contributed by atoms with Crippen LogP contribution in [0, 0.1) is 0 Å². The van der Waals surface area contributed by atoms with Gasteiger partial charge in [0.25, 0.3) is 0 Å². The molecule has 0 amide bonds. The highest BCUT2D eigenvalue weighted by Gasteiger charge is 1.84. The van der Waals surface area contributed by atoms with E-state index in [4.69, 9.17) is 0 Å². The van der Waals surface area contributed by atoms with Crippen LogP contribution in [-0.2, 0) is 0 Å². The van der Waals surface area contributed by atoms with Crippen molar-refractivity contribution < 1.29 is 0 Å². The van der Waals surface area contributed by atoms with E-state index in [2.05, 4.69) is 14.4 Å². The maximum Gasteiger partial charge on any atom is 0.101 e. The van der Waals surface area contributed by atoms with E-state index < -0.39 is 0 Å². The van der Waals surface area contributed by atoms with E-state index in [0.717, 1.165) is 0 Å². The average molecular weight is 124 g/mol. The van der Waals surface area contributed by atoms with E-state index in [1.165, 1.54) is 38.4 Å². The van der Waals surface area contributed by atoms with Crippen LogP contribution in [0.4, 0.5) is 0 Å². The van der Waals surface area contributed by atoms with Crippen LogP contribution >= 0.6 is 0 Å². The van der Waals surface area contributed by atoms with Gasteiger partial charge in [-0.2, -0.15) is 0 Å². The molecule has 0 saturated carbocycles. The summed E-state index contributed by atoms with van der Waals surface area (Å²) in [6.45, 7) is 3.68. The normalized spacial score (nSPS) is 9.33. The number of allylic oxidation sites excluding steroid dienone is 1. The smallest absolute Gasteiger partial charge is 0.101 e.